The lowest BCUT2D eigenvalue weighted by Gasteiger charge is -2.25. The van der Waals surface area contributed by atoms with E-state index in [9.17, 15) is 18.0 Å². The Labute approximate surface area is 163 Å². The van der Waals surface area contributed by atoms with Crippen molar-refractivity contribution in [2.24, 2.45) is 0 Å². The monoisotopic (exact) mass is 412 g/mol. The first-order valence-electron chi connectivity index (χ1n) is 8.22. The summed E-state index contributed by atoms with van der Waals surface area (Å²) >= 11 is 6.08. The van der Waals surface area contributed by atoms with Crippen molar-refractivity contribution in [2.75, 3.05) is 11.6 Å². The van der Waals surface area contributed by atoms with Gasteiger partial charge in [-0.2, -0.15) is 13.2 Å². The number of nitrogens with zero attached hydrogens (tertiary/aromatic N) is 2. The number of para-hydroxylation sites is 1. The first-order valence-corrected chi connectivity index (χ1v) is 8.60. The molecule has 1 aromatic carbocycles. The van der Waals surface area contributed by atoms with Crippen LogP contribution in [0.25, 0.3) is 0 Å². The number of alkyl halides is 3. The lowest BCUT2D eigenvalue weighted by molar-refractivity contribution is -0.142. The van der Waals surface area contributed by atoms with Gasteiger partial charge in [-0.25, -0.2) is 10.4 Å². The third-order valence-electron chi connectivity index (χ3n) is 3.83. The molecule has 1 atom stereocenters. The van der Waals surface area contributed by atoms with Crippen LogP contribution in [0.5, 0.6) is 0 Å². The van der Waals surface area contributed by atoms with E-state index in [0.717, 1.165) is 16.6 Å². The van der Waals surface area contributed by atoms with E-state index in [1.807, 2.05) is 0 Å². The van der Waals surface area contributed by atoms with Gasteiger partial charge < -0.3 is 10.1 Å². The molecular formula is C18H16ClF3N4O2. The molecule has 0 spiro atoms. The number of ether oxygens (including phenoxy) is 1. The maximum absolute atomic E-state index is 13.1. The number of aromatic nitrogens is 1. The molecule has 0 saturated carbocycles. The highest BCUT2D eigenvalue weighted by Crippen LogP contribution is 2.33. The molecule has 2 N–H and O–H groups in total. The number of hydrazine groups is 1. The zero-order chi connectivity index (χ0) is 20.1. The van der Waals surface area contributed by atoms with Crippen LogP contribution >= 0.6 is 11.6 Å². The van der Waals surface area contributed by atoms with Crippen molar-refractivity contribution < 1.29 is 22.7 Å². The maximum Gasteiger partial charge on any atom is 0.409 e. The molecule has 0 aliphatic carbocycles. The fourth-order valence-electron chi connectivity index (χ4n) is 2.45. The quantitative estimate of drug-likeness (QED) is 0.763. The number of benzene rings is 1. The van der Waals surface area contributed by atoms with Crippen LogP contribution in [0.15, 0.2) is 60.8 Å². The number of carbonyl (C=O) groups excluding carboxylic acids is 1. The van der Waals surface area contributed by atoms with Crippen LogP contribution in [0.3, 0.4) is 0 Å². The molecule has 0 fully saturated rings. The molecule has 3 rings (SSSR count). The second-order valence-electron chi connectivity index (χ2n) is 5.86. The predicted octanol–water partition coefficient (Wildman–Crippen LogP) is 3.16. The van der Waals surface area contributed by atoms with E-state index in [-0.39, 0.29) is 23.1 Å². The Balaban J connectivity index is 1.66. The van der Waals surface area contributed by atoms with Crippen LogP contribution in [0.2, 0.25) is 5.02 Å². The fourth-order valence-corrected chi connectivity index (χ4v) is 2.67. The summed E-state index contributed by atoms with van der Waals surface area (Å²) in [4.78, 5) is 15.9. The third-order valence-corrected chi connectivity index (χ3v) is 4.15. The lowest BCUT2D eigenvalue weighted by Crippen LogP contribution is -2.45. The van der Waals surface area contributed by atoms with Gasteiger partial charge >= 0.3 is 6.18 Å². The highest BCUT2D eigenvalue weighted by atomic mass is 35.5. The SMILES string of the molecule is O=C(COC1=CC(C(F)(F)F)NN1c1ccccc1Cl)NCc1ccncc1. The molecule has 1 aliphatic rings. The summed E-state index contributed by atoms with van der Waals surface area (Å²) in [6.45, 7) is -0.203. The minimum absolute atomic E-state index is 0.158. The van der Waals surface area contributed by atoms with Crippen molar-refractivity contribution in [1.82, 2.24) is 15.7 Å². The van der Waals surface area contributed by atoms with Crippen LogP contribution in [0.4, 0.5) is 18.9 Å². The van der Waals surface area contributed by atoms with E-state index in [2.05, 4.69) is 15.7 Å². The van der Waals surface area contributed by atoms with Crippen molar-refractivity contribution in [2.45, 2.75) is 18.8 Å². The van der Waals surface area contributed by atoms with Gasteiger partial charge in [-0.3, -0.25) is 9.78 Å². The Morgan fingerprint density at radius 2 is 1.96 bits per heavy atom. The molecule has 6 nitrogen and oxygen atoms in total. The zero-order valence-corrected chi connectivity index (χ0v) is 15.2. The molecule has 28 heavy (non-hydrogen) atoms. The Hall–Kier alpha value is -2.78. The van der Waals surface area contributed by atoms with E-state index in [1.165, 1.54) is 6.07 Å². The molecule has 1 amide bonds. The van der Waals surface area contributed by atoms with Crippen molar-refractivity contribution in [1.29, 1.82) is 0 Å². The molecule has 2 aromatic rings. The van der Waals surface area contributed by atoms with Gasteiger partial charge in [0.15, 0.2) is 6.61 Å². The Bertz CT molecular complexity index is 861. The largest absolute Gasteiger partial charge is 0.468 e. The van der Waals surface area contributed by atoms with Gasteiger partial charge in [0.1, 0.15) is 6.04 Å². The third kappa shape index (κ3) is 4.93. The average molecular weight is 413 g/mol. The van der Waals surface area contributed by atoms with Gasteiger partial charge in [0.2, 0.25) is 5.88 Å². The number of hydrogen-bond donors (Lipinski definition) is 2. The maximum atomic E-state index is 13.1. The smallest absolute Gasteiger partial charge is 0.409 e. The molecule has 10 heteroatoms. The molecule has 2 heterocycles. The highest BCUT2D eigenvalue weighted by Gasteiger charge is 2.44. The summed E-state index contributed by atoms with van der Waals surface area (Å²) < 4.78 is 44.7. The molecule has 0 radical (unpaired) electrons. The van der Waals surface area contributed by atoms with E-state index < -0.39 is 24.7 Å². The van der Waals surface area contributed by atoms with Gasteiger partial charge in [0.25, 0.3) is 5.91 Å². The molecular weight excluding hydrogens is 397 g/mol. The second kappa shape index (κ2) is 8.49. The molecule has 1 unspecified atom stereocenters. The number of rotatable bonds is 6. The van der Waals surface area contributed by atoms with Gasteiger partial charge in [0, 0.05) is 25.0 Å². The number of amides is 1. The molecule has 0 bridgehead atoms. The summed E-state index contributed by atoms with van der Waals surface area (Å²) in [5, 5.41) is 3.94. The Morgan fingerprint density at radius 3 is 2.64 bits per heavy atom. The van der Waals surface area contributed by atoms with Crippen LogP contribution in [0.1, 0.15) is 5.56 Å². The summed E-state index contributed by atoms with van der Waals surface area (Å²) in [7, 11) is 0. The van der Waals surface area contributed by atoms with Gasteiger partial charge in [-0.1, -0.05) is 23.7 Å². The van der Waals surface area contributed by atoms with Gasteiger partial charge in [0.05, 0.1) is 10.7 Å². The summed E-state index contributed by atoms with van der Waals surface area (Å²) in [5.41, 5.74) is 3.40. The number of pyridine rings is 1. The number of nitrogens with one attached hydrogen (secondary N) is 2. The number of anilines is 1. The lowest BCUT2D eigenvalue weighted by atomic mass is 10.3. The molecule has 148 valence electrons. The minimum Gasteiger partial charge on any atom is -0.468 e. The van der Waals surface area contributed by atoms with Crippen molar-refractivity contribution in [3.63, 3.8) is 0 Å². The number of hydrogen-bond acceptors (Lipinski definition) is 5. The topological polar surface area (TPSA) is 66.5 Å². The predicted molar refractivity (Wildman–Crippen MR) is 97.0 cm³/mol. The molecule has 1 aromatic heterocycles. The highest BCUT2D eigenvalue weighted by molar-refractivity contribution is 6.33. The van der Waals surface area contributed by atoms with E-state index >= 15 is 0 Å². The van der Waals surface area contributed by atoms with E-state index in [4.69, 9.17) is 16.3 Å². The van der Waals surface area contributed by atoms with Crippen molar-refractivity contribution in [3.05, 3.63) is 71.3 Å². The Morgan fingerprint density at radius 1 is 1.25 bits per heavy atom. The number of carbonyl (C=O) groups is 1. The first-order chi connectivity index (χ1) is 13.3. The van der Waals surface area contributed by atoms with Crippen molar-refractivity contribution >= 4 is 23.2 Å². The molecule has 1 aliphatic heterocycles. The first kappa shape index (κ1) is 20.0. The minimum atomic E-state index is -4.53. The van der Waals surface area contributed by atoms with Crippen LogP contribution in [-0.2, 0) is 16.1 Å². The summed E-state index contributed by atoms with van der Waals surface area (Å²) in [6.07, 6.45) is -0.495. The summed E-state index contributed by atoms with van der Waals surface area (Å²) in [5.74, 6) is -0.637. The zero-order valence-electron chi connectivity index (χ0n) is 14.4. The van der Waals surface area contributed by atoms with Crippen LogP contribution in [-0.4, -0.2) is 29.7 Å². The Kier molecular flexibility index (Phi) is 6.05. The van der Waals surface area contributed by atoms with E-state index in [1.54, 1.807) is 42.7 Å². The van der Waals surface area contributed by atoms with E-state index in [0.29, 0.717) is 0 Å². The summed E-state index contributed by atoms with van der Waals surface area (Å²) in [6, 6.07) is 7.87. The van der Waals surface area contributed by atoms with Gasteiger partial charge in [-0.15, -0.1) is 0 Å². The fraction of sp³-hybridized carbons (Fsp3) is 0.222. The van der Waals surface area contributed by atoms with Crippen molar-refractivity contribution in [3.8, 4) is 0 Å². The average Bonchev–Trinajstić information content (AvgIpc) is 3.10. The number of halogens is 4. The van der Waals surface area contributed by atoms with Crippen LogP contribution < -0.4 is 15.8 Å². The van der Waals surface area contributed by atoms with Gasteiger partial charge in [-0.05, 0) is 29.8 Å². The normalized spacial score (nSPS) is 16.6. The standard InChI is InChI=1S/C18H16ClF3N4O2/c19-13-3-1-2-4-14(13)26-17(9-15(25-26)18(20,21)22)28-11-16(27)24-10-12-5-7-23-8-6-12/h1-9,15,25H,10-11H2,(H,24,27). The molecule has 0 saturated heterocycles. The second-order valence-corrected chi connectivity index (χ2v) is 6.27. The van der Waals surface area contributed by atoms with Crippen LogP contribution in [0, 0.1) is 0 Å².